The maximum absolute atomic E-state index is 11.2. The molecule has 1 aromatic heterocycles. The molecule has 0 bridgehead atoms. The van der Waals surface area contributed by atoms with Crippen molar-refractivity contribution in [1.29, 1.82) is 0 Å². The summed E-state index contributed by atoms with van der Waals surface area (Å²) in [5, 5.41) is 13.6. The molecule has 1 heterocycles. The molecule has 0 fully saturated rings. The minimum absolute atomic E-state index is 0.267. The number of hydrogen-bond acceptors (Lipinski definition) is 2. The first-order valence-electron chi connectivity index (χ1n) is 6.08. The number of carboxylic acid groups (broad SMARTS) is 1. The number of hydrogen-bond donors (Lipinski definition) is 1. The van der Waals surface area contributed by atoms with E-state index in [1.165, 1.54) is 0 Å². The zero-order chi connectivity index (χ0) is 14.0. The van der Waals surface area contributed by atoms with E-state index in [0.717, 1.165) is 29.7 Å². The van der Waals surface area contributed by atoms with Gasteiger partial charge in [0, 0.05) is 23.3 Å². The molecule has 0 unspecified atom stereocenters. The Hall–Kier alpha value is -1.62. The summed E-state index contributed by atoms with van der Waals surface area (Å²) in [6.07, 6.45) is 3.82. The SMILES string of the molecule is CCCc1nn(C)cc1-c1ccc(Br)c(C(=O)O)c1. The highest BCUT2D eigenvalue weighted by Crippen LogP contribution is 2.28. The fourth-order valence-electron chi connectivity index (χ4n) is 2.05. The van der Waals surface area contributed by atoms with Crippen molar-refractivity contribution < 1.29 is 9.90 Å². The van der Waals surface area contributed by atoms with Crippen molar-refractivity contribution in [3.63, 3.8) is 0 Å². The number of nitrogens with zero attached hydrogens (tertiary/aromatic N) is 2. The van der Waals surface area contributed by atoms with Crippen LogP contribution in [0.1, 0.15) is 29.4 Å². The molecule has 4 nitrogen and oxygen atoms in total. The normalized spacial score (nSPS) is 10.7. The molecule has 0 aliphatic carbocycles. The average Bonchev–Trinajstić information content (AvgIpc) is 2.71. The van der Waals surface area contributed by atoms with Crippen molar-refractivity contribution in [2.75, 3.05) is 0 Å². The third-order valence-corrected chi connectivity index (χ3v) is 3.59. The van der Waals surface area contributed by atoms with Crippen LogP contribution in [0.2, 0.25) is 0 Å². The van der Waals surface area contributed by atoms with Gasteiger partial charge in [-0.25, -0.2) is 4.79 Å². The Morgan fingerprint density at radius 2 is 2.21 bits per heavy atom. The molecule has 0 saturated heterocycles. The van der Waals surface area contributed by atoms with Crippen LogP contribution < -0.4 is 0 Å². The lowest BCUT2D eigenvalue weighted by atomic mass is 10.0. The number of benzene rings is 1. The summed E-state index contributed by atoms with van der Waals surface area (Å²) in [5.74, 6) is -0.936. The van der Waals surface area contributed by atoms with Gasteiger partial charge in [-0.3, -0.25) is 4.68 Å². The van der Waals surface area contributed by atoms with Gasteiger partial charge in [-0.2, -0.15) is 5.10 Å². The Bertz CT molecular complexity index is 620. The van der Waals surface area contributed by atoms with Crippen molar-refractivity contribution >= 4 is 21.9 Å². The Labute approximate surface area is 120 Å². The monoisotopic (exact) mass is 322 g/mol. The number of rotatable bonds is 4. The van der Waals surface area contributed by atoms with Crippen LogP contribution in [0.5, 0.6) is 0 Å². The zero-order valence-corrected chi connectivity index (χ0v) is 12.4. The quantitative estimate of drug-likeness (QED) is 0.937. The molecule has 100 valence electrons. The molecule has 0 aliphatic heterocycles. The summed E-state index contributed by atoms with van der Waals surface area (Å²) in [4.78, 5) is 11.2. The van der Waals surface area contributed by atoms with Crippen LogP contribution in [0.3, 0.4) is 0 Å². The molecule has 1 aromatic carbocycles. The van der Waals surface area contributed by atoms with E-state index in [9.17, 15) is 4.79 Å². The number of carbonyl (C=O) groups is 1. The molecule has 0 amide bonds. The largest absolute Gasteiger partial charge is 0.478 e. The third kappa shape index (κ3) is 2.87. The smallest absolute Gasteiger partial charge is 0.336 e. The summed E-state index contributed by atoms with van der Waals surface area (Å²) in [6.45, 7) is 2.10. The molecule has 19 heavy (non-hydrogen) atoms. The Morgan fingerprint density at radius 1 is 1.47 bits per heavy atom. The first kappa shape index (κ1) is 13.8. The number of aromatic carboxylic acids is 1. The van der Waals surface area contributed by atoms with Crippen molar-refractivity contribution in [3.8, 4) is 11.1 Å². The summed E-state index contributed by atoms with van der Waals surface area (Å²) in [5.41, 5.74) is 3.16. The van der Waals surface area contributed by atoms with Crippen molar-refractivity contribution in [3.05, 3.63) is 40.1 Å². The minimum Gasteiger partial charge on any atom is -0.478 e. The average molecular weight is 323 g/mol. The van der Waals surface area contributed by atoms with E-state index in [1.807, 2.05) is 19.3 Å². The summed E-state index contributed by atoms with van der Waals surface area (Å²) in [7, 11) is 1.87. The molecular formula is C14H15BrN2O2. The van der Waals surface area contributed by atoms with E-state index in [-0.39, 0.29) is 5.56 Å². The van der Waals surface area contributed by atoms with Gasteiger partial charge in [0.05, 0.1) is 11.3 Å². The van der Waals surface area contributed by atoms with Crippen LogP contribution in [0.4, 0.5) is 0 Å². The van der Waals surface area contributed by atoms with Crippen LogP contribution in [-0.4, -0.2) is 20.9 Å². The highest BCUT2D eigenvalue weighted by Gasteiger charge is 2.14. The van der Waals surface area contributed by atoms with Crippen molar-refractivity contribution in [2.24, 2.45) is 7.05 Å². The molecular weight excluding hydrogens is 308 g/mol. The summed E-state index contributed by atoms with van der Waals surface area (Å²) in [6, 6.07) is 5.36. The second kappa shape index (κ2) is 5.57. The molecule has 1 N–H and O–H groups in total. The topological polar surface area (TPSA) is 55.1 Å². The number of carboxylic acids is 1. The number of halogens is 1. The van der Waals surface area contributed by atoms with E-state index >= 15 is 0 Å². The molecule has 2 aromatic rings. The fourth-order valence-corrected chi connectivity index (χ4v) is 2.47. The molecule has 0 atom stereocenters. The Kier molecular flexibility index (Phi) is 4.04. The fraction of sp³-hybridized carbons (Fsp3) is 0.286. The van der Waals surface area contributed by atoms with Crippen LogP contribution in [-0.2, 0) is 13.5 Å². The van der Waals surface area contributed by atoms with E-state index in [0.29, 0.717) is 4.47 Å². The lowest BCUT2D eigenvalue weighted by Gasteiger charge is -2.05. The van der Waals surface area contributed by atoms with Gasteiger partial charge >= 0.3 is 5.97 Å². The van der Waals surface area contributed by atoms with Gasteiger partial charge in [-0.1, -0.05) is 19.4 Å². The van der Waals surface area contributed by atoms with Gasteiger partial charge in [0.15, 0.2) is 0 Å². The second-order valence-corrected chi connectivity index (χ2v) is 5.27. The third-order valence-electron chi connectivity index (χ3n) is 2.90. The van der Waals surface area contributed by atoms with E-state index in [2.05, 4.69) is 28.0 Å². The van der Waals surface area contributed by atoms with Gasteiger partial charge < -0.3 is 5.11 Å². The number of aryl methyl sites for hydroxylation is 2. The maximum atomic E-state index is 11.2. The van der Waals surface area contributed by atoms with Crippen molar-refractivity contribution in [2.45, 2.75) is 19.8 Å². The van der Waals surface area contributed by atoms with E-state index in [4.69, 9.17) is 5.11 Å². The summed E-state index contributed by atoms with van der Waals surface area (Å²) >= 11 is 3.26. The Morgan fingerprint density at radius 3 is 2.84 bits per heavy atom. The Balaban J connectivity index is 2.52. The first-order valence-corrected chi connectivity index (χ1v) is 6.88. The molecule has 0 spiro atoms. The van der Waals surface area contributed by atoms with Gasteiger partial charge in [-0.05, 0) is 40.0 Å². The van der Waals surface area contributed by atoms with Crippen LogP contribution >= 0.6 is 15.9 Å². The van der Waals surface area contributed by atoms with Crippen LogP contribution in [0.25, 0.3) is 11.1 Å². The first-order chi connectivity index (χ1) is 9.02. The van der Waals surface area contributed by atoms with Gasteiger partial charge in [0.1, 0.15) is 0 Å². The van der Waals surface area contributed by atoms with E-state index in [1.54, 1.807) is 16.8 Å². The van der Waals surface area contributed by atoms with Gasteiger partial charge in [0.2, 0.25) is 0 Å². The van der Waals surface area contributed by atoms with Crippen LogP contribution in [0.15, 0.2) is 28.9 Å². The molecule has 0 radical (unpaired) electrons. The lowest BCUT2D eigenvalue weighted by molar-refractivity contribution is 0.0696. The highest BCUT2D eigenvalue weighted by atomic mass is 79.9. The molecule has 5 heteroatoms. The highest BCUT2D eigenvalue weighted by molar-refractivity contribution is 9.10. The van der Waals surface area contributed by atoms with E-state index < -0.39 is 5.97 Å². The predicted octanol–water partition coefficient (Wildman–Crippen LogP) is 3.50. The van der Waals surface area contributed by atoms with Gasteiger partial charge in [0.25, 0.3) is 0 Å². The second-order valence-electron chi connectivity index (χ2n) is 4.41. The van der Waals surface area contributed by atoms with Gasteiger partial charge in [-0.15, -0.1) is 0 Å². The lowest BCUT2D eigenvalue weighted by Crippen LogP contribution is -1.98. The maximum Gasteiger partial charge on any atom is 0.336 e. The minimum atomic E-state index is -0.936. The summed E-state index contributed by atoms with van der Waals surface area (Å²) < 4.78 is 2.35. The zero-order valence-electron chi connectivity index (χ0n) is 10.9. The molecule has 0 saturated carbocycles. The number of aromatic nitrogens is 2. The standard InChI is InChI=1S/C14H15BrN2O2/c1-3-4-13-11(8-17(2)16-13)9-5-6-12(15)10(7-9)14(18)19/h5-8H,3-4H2,1-2H3,(H,18,19). The predicted molar refractivity (Wildman–Crippen MR) is 77.3 cm³/mol. The molecule has 0 aliphatic rings. The van der Waals surface area contributed by atoms with Crippen molar-refractivity contribution in [1.82, 2.24) is 9.78 Å². The molecule has 2 rings (SSSR count). The van der Waals surface area contributed by atoms with Crippen LogP contribution in [0, 0.1) is 0 Å².